The molecule has 1 aromatic carbocycles. The summed E-state index contributed by atoms with van der Waals surface area (Å²) in [5, 5.41) is 10.3. The number of hydrogen-bond donors (Lipinski definition) is 2. The molecule has 3 heterocycles. The zero-order chi connectivity index (χ0) is 19.8. The van der Waals surface area contributed by atoms with Crippen molar-refractivity contribution in [1.29, 1.82) is 0 Å². The topological polar surface area (TPSA) is 95.1 Å². The predicted octanol–water partition coefficient (Wildman–Crippen LogP) is 2.35. The van der Waals surface area contributed by atoms with Crippen LogP contribution >= 0.6 is 46.4 Å². The van der Waals surface area contributed by atoms with Gasteiger partial charge in [0.25, 0.3) is 17.4 Å². The van der Waals surface area contributed by atoms with Crippen LogP contribution in [0.1, 0.15) is 22.1 Å². The highest BCUT2D eigenvalue weighted by Crippen LogP contribution is 2.48. The van der Waals surface area contributed by atoms with Crippen molar-refractivity contribution in [1.82, 2.24) is 14.5 Å². The Bertz CT molecular complexity index is 1220. The summed E-state index contributed by atoms with van der Waals surface area (Å²) in [6.45, 7) is 0. The molecule has 0 saturated carbocycles. The highest BCUT2D eigenvalue weighted by molar-refractivity contribution is 6.53. The minimum absolute atomic E-state index is 0.00116. The van der Waals surface area contributed by atoms with Gasteiger partial charge in [-0.05, 0) is 0 Å². The van der Waals surface area contributed by atoms with Crippen LogP contribution in [0.4, 0.5) is 5.95 Å². The summed E-state index contributed by atoms with van der Waals surface area (Å²) in [6.07, 6.45) is 0.0999. The van der Waals surface area contributed by atoms with Crippen molar-refractivity contribution in [2.24, 2.45) is 14.1 Å². The van der Waals surface area contributed by atoms with E-state index >= 15 is 0 Å². The number of rotatable bonds is 1. The first-order valence-corrected chi connectivity index (χ1v) is 8.98. The number of carbonyl (C=O) groups excluding carboxylic acids is 1. The maximum Gasteiger partial charge on any atom is 0.311 e. The molecule has 27 heavy (non-hydrogen) atoms. The maximum atomic E-state index is 12.9. The normalized spacial score (nSPS) is 16.5. The van der Waals surface area contributed by atoms with Gasteiger partial charge in [-0.15, -0.1) is 0 Å². The first-order chi connectivity index (χ1) is 12.6. The largest absolute Gasteiger partial charge is 0.369 e. The molecule has 2 aromatic heterocycles. The third-order valence-electron chi connectivity index (χ3n) is 4.36. The van der Waals surface area contributed by atoms with Gasteiger partial charge in [-0.2, -0.15) is 0 Å². The summed E-state index contributed by atoms with van der Waals surface area (Å²) in [7, 11) is 3.39. The van der Waals surface area contributed by atoms with Gasteiger partial charge in [-0.3, -0.25) is 19.1 Å². The molecule has 4 rings (SSSR count). The molecule has 12 heteroatoms. The second kappa shape index (κ2) is 6.08. The van der Waals surface area contributed by atoms with Crippen LogP contribution in [0.2, 0.25) is 20.1 Å². The third-order valence-corrected chi connectivity index (χ3v) is 6.18. The Morgan fingerprint density at radius 3 is 2.44 bits per heavy atom. The number of aromatic nitrogens is 4. The number of carbonyl (C=O) groups is 1. The Balaban J connectivity index is 1.97. The molecule has 1 atom stereocenters. The van der Waals surface area contributed by atoms with Crippen LogP contribution in [0, 0.1) is 0 Å². The molecule has 1 aliphatic heterocycles. The number of imidazole rings is 1. The number of halogens is 4. The van der Waals surface area contributed by atoms with Crippen molar-refractivity contribution in [3.63, 3.8) is 0 Å². The first kappa shape index (κ1) is 18.5. The number of amides is 1. The van der Waals surface area contributed by atoms with E-state index < -0.39 is 17.7 Å². The first-order valence-electron chi connectivity index (χ1n) is 7.47. The summed E-state index contributed by atoms with van der Waals surface area (Å²) >= 11 is 24.4. The van der Waals surface area contributed by atoms with Crippen molar-refractivity contribution in [3.05, 3.63) is 47.9 Å². The summed E-state index contributed by atoms with van der Waals surface area (Å²) in [5.41, 5.74) is 0.0508. The fourth-order valence-electron chi connectivity index (χ4n) is 3.17. The lowest BCUT2D eigenvalue weighted by atomic mass is 10.1. The van der Waals surface area contributed by atoms with Crippen LogP contribution in [0.3, 0.4) is 0 Å². The van der Waals surface area contributed by atoms with Gasteiger partial charge in [0.2, 0.25) is 5.52 Å². The smallest absolute Gasteiger partial charge is 0.311 e. The number of anilines is 1. The van der Waals surface area contributed by atoms with Crippen molar-refractivity contribution in [3.8, 4) is 0 Å². The van der Waals surface area contributed by atoms with E-state index in [0.717, 1.165) is 4.90 Å². The molecule has 0 spiro atoms. The number of aliphatic hydroxyl groups excluding tert-OH is 1. The average molecular weight is 450 g/mol. The van der Waals surface area contributed by atoms with Crippen LogP contribution in [0.15, 0.2) is 11.1 Å². The minimum atomic E-state index is -1.55. The Labute approximate surface area is 171 Å². The minimum Gasteiger partial charge on any atom is -0.369 e. The molecule has 0 radical (unpaired) electrons. The molecule has 1 aliphatic rings. The van der Waals surface area contributed by atoms with Crippen molar-refractivity contribution >= 4 is 69.4 Å². The Morgan fingerprint density at radius 2 is 1.78 bits per heavy atom. The lowest BCUT2D eigenvalue weighted by molar-refractivity contribution is -0.647. The Morgan fingerprint density at radius 1 is 1.15 bits per heavy atom. The molecule has 2 N–H and O–H groups in total. The van der Waals surface area contributed by atoms with Crippen LogP contribution in [-0.2, 0) is 14.1 Å². The van der Waals surface area contributed by atoms with Crippen molar-refractivity contribution in [2.45, 2.75) is 6.23 Å². The molecule has 0 saturated heterocycles. The van der Waals surface area contributed by atoms with E-state index in [0.29, 0.717) is 11.2 Å². The zero-order valence-corrected chi connectivity index (χ0v) is 16.7. The van der Waals surface area contributed by atoms with Gasteiger partial charge in [-0.25, -0.2) is 9.47 Å². The molecule has 0 fully saturated rings. The Hall–Kier alpha value is -1.84. The molecular formula is C15H10Cl4N5O3+. The highest BCUT2D eigenvalue weighted by Gasteiger charge is 2.44. The number of benzene rings is 1. The molecule has 0 bridgehead atoms. The van der Waals surface area contributed by atoms with Gasteiger partial charge >= 0.3 is 5.65 Å². The molecular weight excluding hydrogens is 440 g/mol. The summed E-state index contributed by atoms with van der Waals surface area (Å²) < 4.78 is 3.21. The van der Waals surface area contributed by atoms with Crippen molar-refractivity contribution < 1.29 is 14.5 Å². The van der Waals surface area contributed by atoms with Crippen LogP contribution < -0.4 is 15.0 Å². The summed E-state index contributed by atoms with van der Waals surface area (Å²) in [5.74, 6) is -0.883. The van der Waals surface area contributed by atoms with E-state index in [1.807, 2.05) is 0 Å². The van der Waals surface area contributed by atoms with E-state index in [1.165, 1.54) is 0 Å². The summed E-state index contributed by atoms with van der Waals surface area (Å²) in [6, 6.07) is 0. The molecule has 0 aliphatic carbocycles. The number of hydrogen-bond acceptors (Lipinski definition) is 4. The number of aryl methyl sites for hydroxylation is 2. The number of aromatic amines is 1. The second-order valence-corrected chi connectivity index (χ2v) is 7.50. The SMILES string of the molecule is Cn1c[n+](C)c2nc(N3C(=O)c4c(Cl)c(Cl)c(Cl)c(Cl)c4C3O)[nH]c(=O)c21. The molecule has 8 nitrogen and oxygen atoms in total. The Kier molecular flexibility index (Phi) is 4.17. The van der Waals surface area contributed by atoms with Gasteiger partial charge in [0.15, 0.2) is 12.6 Å². The van der Waals surface area contributed by atoms with Crippen molar-refractivity contribution in [2.75, 3.05) is 4.90 Å². The lowest BCUT2D eigenvalue weighted by Crippen LogP contribution is -2.33. The van der Waals surface area contributed by atoms with E-state index in [-0.39, 0.29) is 37.2 Å². The van der Waals surface area contributed by atoms with Gasteiger partial charge in [0.05, 0.1) is 39.7 Å². The fraction of sp³-hybridized carbons (Fsp3) is 0.200. The molecule has 140 valence electrons. The second-order valence-electron chi connectivity index (χ2n) is 5.99. The monoisotopic (exact) mass is 448 g/mol. The molecule has 1 unspecified atom stereocenters. The number of fused-ring (bicyclic) bond motifs is 2. The molecule has 3 aromatic rings. The van der Waals surface area contributed by atoms with E-state index in [9.17, 15) is 14.7 Å². The van der Waals surface area contributed by atoms with Gasteiger partial charge < -0.3 is 5.11 Å². The predicted molar refractivity (Wildman–Crippen MR) is 101 cm³/mol. The van der Waals surface area contributed by atoms with E-state index in [1.54, 1.807) is 29.6 Å². The maximum absolute atomic E-state index is 12.9. The van der Waals surface area contributed by atoms with E-state index in [2.05, 4.69) is 9.97 Å². The number of nitrogens with one attached hydrogen (secondary N) is 1. The van der Waals surface area contributed by atoms with Crippen LogP contribution in [0.25, 0.3) is 11.2 Å². The third kappa shape index (κ3) is 2.41. The summed E-state index contributed by atoms with van der Waals surface area (Å²) in [4.78, 5) is 33.1. The van der Waals surface area contributed by atoms with Gasteiger partial charge in [-0.1, -0.05) is 51.4 Å². The fourth-order valence-corrected chi connectivity index (χ4v) is 4.21. The van der Waals surface area contributed by atoms with Gasteiger partial charge in [0, 0.05) is 5.56 Å². The standard InChI is InChI=1S/C15H9Cl4N5O3/c1-22-3-23(2)11-10(22)12(25)21-15(20-11)24-13(26)4-5(14(24)27)7(17)9(19)8(18)6(4)16/h3,13,26H,1-2H3/p+1. The quantitative estimate of drug-likeness (QED) is 0.338. The highest BCUT2D eigenvalue weighted by atomic mass is 35.5. The number of nitrogens with zero attached hydrogens (tertiary/aromatic N) is 4. The number of aliphatic hydroxyl groups is 1. The van der Waals surface area contributed by atoms with E-state index in [4.69, 9.17) is 46.4 Å². The number of H-pyrrole nitrogens is 1. The zero-order valence-electron chi connectivity index (χ0n) is 13.7. The lowest BCUT2D eigenvalue weighted by Gasteiger charge is -2.17. The van der Waals surface area contributed by atoms with Crippen LogP contribution in [-0.4, -0.2) is 25.5 Å². The molecule has 1 amide bonds. The van der Waals surface area contributed by atoms with Gasteiger partial charge in [0.1, 0.15) is 0 Å². The average Bonchev–Trinajstić information content (AvgIpc) is 3.04. The van der Waals surface area contributed by atoms with Crippen LogP contribution in [0.5, 0.6) is 0 Å².